The first-order valence-corrected chi connectivity index (χ1v) is 7.14. The maximum atomic E-state index is 11.5. The Morgan fingerprint density at radius 1 is 1.40 bits per heavy atom. The number of anilines is 1. The van der Waals surface area contributed by atoms with Crippen LogP contribution < -0.4 is 5.32 Å². The van der Waals surface area contributed by atoms with Crippen LogP contribution in [0.1, 0.15) is 48.3 Å². The number of carboxylic acid groups (broad SMARTS) is 1. The molecule has 6 heteroatoms. The molecule has 6 nitrogen and oxygen atoms in total. The molecular formula is C14H21N3O3. The van der Waals surface area contributed by atoms with Crippen LogP contribution in [0.2, 0.25) is 0 Å². The lowest BCUT2D eigenvalue weighted by Gasteiger charge is -2.15. The highest BCUT2D eigenvalue weighted by atomic mass is 16.5. The highest BCUT2D eigenvalue weighted by Crippen LogP contribution is 2.22. The van der Waals surface area contributed by atoms with Gasteiger partial charge in [0, 0.05) is 13.2 Å². The predicted molar refractivity (Wildman–Crippen MR) is 75.2 cm³/mol. The number of ether oxygens (including phenoxy) is 1. The molecule has 0 amide bonds. The molecule has 0 aliphatic carbocycles. The summed E-state index contributed by atoms with van der Waals surface area (Å²) >= 11 is 0. The normalized spacial score (nSPS) is 18.2. The Morgan fingerprint density at radius 3 is 2.75 bits per heavy atom. The van der Waals surface area contributed by atoms with E-state index in [4.69, 9.17) is 4.74 Å². The summed E-state index contributed by atoms with van der Waals surface area (Å²) in [5.74, 6) is -0.608. The smallest absolute Gasteiger partial charge is 0.339 e. The average Bonchev–Trinajstić information content (AvgIpc) is 2.96. The van der Waals surface area contributed by atoms with Crippen molar-refractivity contribution in [1.82, 2.24) is 10.2 Å². The molecule has 0 aromatic carbocycles. The fourth-order valence-electron chi connectivity index (χ4n) is 2.54. The molecule has 110 valence electrons. The molecule has 0 spiro atoms. The van der Waals surface area contributed by atoms with Crippen LogP contribution in [0.5, 0.6) is 0 Å². The van der Waals surface area contributed by atoms with Crippen LogP contribution in [-0.4, -0.2) is 40.5 Å². The maximum Gasteiger partial charge on any atom is 0.339 e. The number of carbonyl (C=O) groups is 1. The molecular weight excluding hydrogens is 258 g/mol. The summed E-state index contributed by atoms with van der Waals surface area (Å²) in [5, 5.41) is 20.7. The van der Waals surface area contributed by atoms with E-state index < -0.39 is 5.97 Å². The molecule has 1 saturated heterocycles. The Hall–Kier alpha value is -1.69. The zero-order valence-electron chi connectivity index (χ0n) is 12.0. The Kier molecular flexibility index (Phi) is 4.89. The van der Waals surface area contributed by atoms with Crippen molar-refractivity contribution < 1.29 is 14.6 Å². The predicted octanol–water partition coefficient (Wildman–Crippen LogP) is 1.89. The molecule has 1 aliphatic heterocycles. The van der Waals surface area contributed by atoms with Crippen LogP contribution in [0.15, 0.2) is 0 Å². The summed E-state index contributed by atoms with van der Waals surface area (Å²) < 4.78 is 5.52. The number of aromatic carboxylic acids is 1. The van der Waals surface area contributed by atoms with Gasteiger partial charge >= 0.3 is 5.97 Å². The van der Waals surface area contributed by atoms with E-state index in [1.807, 2.05) is 13.8 Å². The van der Waals surface area contributed by atoms with Crippen molar-refractivity contribution in [3.05, 3.63) is 16.8 Å². The molecule has 0 radical (unpaired) electrons. The van der Waals surface area contributed by atoms with E-state index >= 15 is 0 Å². The first-order valence-electron chi connectivity index (χ1n) is 7.14. The second-order valence-electron chi connectivity index (χ2n) is 4.88. The van der Waals surface area contributed by atoms with Gasteiger partial charge < -0.3 is 15.2 Å². The molecule has 1 aliphatic rings. The van der Waals surface area contributed by atoms with Crippen molar-refractivity contribution in [2.24, 2.45) is 0 Å². The number of nitrogens with one attached hydrogen (secondary N) is 1. The molecule has 1 unspecified atom stereocenters. The number of hydrogen-bond donors (Lipinski definition) is 2. The lowest BCUT2D eigenvalue weighted by Crippen LogP contribution is -2.22. The van der Waals surface area contributed by atoms with Crippen molar-refractivity contribution in [3.8, 4) is 0 Å². The topological polar surface area (TPSA) is 84.3 Å². The van der Waals surface area contributed by atoms with Crippen molar-refractivity contribution in [2.45, 2.75) is 45.6 Å². The first kappa shape index (κ1) is 14.7. The van der Waals surface area contributed by atoms with Gasteiger partial charge in [0.25, 0.3) is 0 Å². The number of aryl methyl sites for hydroxylation is 1. The van der Waals surface area contributed by atoms with E-state index in [1.165, 1.54) is 0 Å². The molecule has 1 aromatic heterocycles. The summed E-state index contributed by atoms with van der Waals surface area (Å²) in [6, 6.07) is 0. The molecule has 0 bridgehead atoms. The SMILES string of the molecule is CCc1nnc(NCC2CCCO2)c(C(=O)O)c1CC. The van der Waals surface area contributed by atoms with Crippen LogP contribution in [0.3, 0.4) is 0 Å². The van der Waals surface area contributed by atoms with Crippen LogP contribution in [0, 0.1) is 0 Å². The van der Waals surface area contributed by atoms with Crippen LogP contribution in [0.4, 0.5) is 5.82 Å². The van der Waals surface area contributed by atoms with Crippen molar-refractivity contribution in [2.75, 3.05) is 18.5 Å². The van der Waals surface area contributed by atoms with E-state index in [0.717, 1.165) is 30.7 Å². The van der Waals surface area contributed by atoms with Crippen molar-refractivity contribution >= 4 is 11.8 Å². The largest absolute Gasteiger partial charge is 0.478 e. The summed E-state index contributed by atoms with van der Waals surface area (Å²) in [6.07, 6.45) is 3.50. The van der Waals surface area contributed by atoms with E-state index in [9.17, 15) is 9.90 Å². The highest BCUT2D eigenvalue weighted by molar-refractivity contribution is 5.95. The number of carboxylic acids is 1. The molecule has 2 N–H and O–H groups in total. The van der Waals surface area contributed by atoms with Gasteiger partial charge in [0.15, 0.2) is 5.82 Å². The van der Waals surface area contributed by atoms with E-state index in [0.29, 0.717) is 25.2 Å². The lowest BCUT2D eigenvalue weighted by molar-refractivity contribution is 0.0695. The van der Waals surface area contributed by atoms with E-state index in [2.05, 4.69) is 15.5 Å². The number of hydrogen-bond acceptors (Lipinski definition) is 5. The zero-order valence-corrected chi connectivity index (χ0v) is 12.0. The average molecular weight is 279 g/mol. The fourth-order valence-corrected chi connectivity index (χ4v) is 2.54. The van der Waals surface area contributed by atoms with Gasteiger partial charge in [0.2, 0.25) is 0 Å². The second kappa shape index (κ2) is 6.65. The lowest BCUT2D eigenvalue weighted by atomic mass is 10.0. The molecule has 1 aromatic rings. The monoisotopic (exact) mass is 279 g/mol. The van der Waals surface area contributed by atoms with E-state index in [1.54, 1.807) is 0 Å². The summed E-state index contributed by atoms with van der Waals surface area (Å²) in [6.45, 7) is 5.24. The molecule has 1 atom stereocenters. The van der Waals surface area contributed by atoms with Crippen LogP contribution in [0.25, 0.3) is 0 Å². The molecule has 0 saturated carbocycles. The van der Waals surface area contributed by atoms with Gasteiger partial charge in [-0.2, -0.15) is 5.10 Å². The van der Waals surface area contributed by atoms with Gasteiger partial charge in [0.05, 0.1) is 11.8 Å². The molecule has 20 heavy (non-hydrogen) atoms. The van der Waals surface area contributed by atoms with E-state index in [-0.39, 0.29) is 11.7 Å². The third kappa shape index (κ3) is 3.07. The number of rotatable bonds is 6. The Labute approximate surface area is 118 Å². The van der Waals surface area contributed by atoms with Crippen LogP contribution in [-0.2, 0) is 17.6 Å². The Morgan fingerprint density at radius 2 is 2.20 bits per heavy atom. The Bertz CT molecular complexity index is 485. The highest BCUT2D eigenvalue weighted by Gasteiger charge is 2.22. The van der Waals surface area contributed by atoms with Gasteiger partial charge in [-0.05, 0) is 31.2 Å². The second-order valence-corrected chi connectivity index (χ2v) is 4.88. The zero-order chi connectivity index (χ0) is 14.5. The maximum absolute atomic E-state index is 11.5. The number of aromatic nitrogens is 2. The quantitative estimate of drug-likeness (QED) is 0.827. The van der Waals surface area contributed by atoms with Gasteiger partial charge in [-0.3, -0.25) is 0 Å². The third-order valence-corrected chi connectivity index (χ3v) is 3.58. The van der Waals surface area contributed by atoms with Gasteiger partial charge in [-0.1, -0.05) is 13.8 Å². The van der Waals surface area contributed by atoms with Crippen molar-refractivity contribution in [1.29, 1.82) is 0 Å². The number of nitrogens with zero attached hydrogens (tertiary/aromatic N) is 2. The minimum atomic E-state index is -0.957. The minimum Gasteiger partial charge on any atom is -0.478 e. The molecule has 2 rings (SSSR count). The fraction of sp³-hybridized carbons (Fsp3) is 0.643. The summed E-state index contributed by atoms with van der Waals surface area (Å²) in [5.41, 5.74) is 1.77. The van der Waals surface area contributed by atoms with Gasteiger partial charge in [0.1, 0.15) is 5.56 Å². The summed E-state index contributed by atoms with van der Waals surface area (Å²) in [7, 11) is 0. The molecule has 2 heterocycles. The van der Waals surface area contributed by atoms with Crippen LogP contribution >= 0.6 is 0 Å². The third-order valence-electron chi connectivity index (χ3n) is 3.58. The summed E-state index contributed by atoms with van der Waals surface area (Å²) in [4.78, 5) is 11.5. The minimum absolute atomic E-state index is 0.134. The standard InChI is InChI=1S/C14H21N3O3/c1-3-10-11(4-2)16-17-13(12(10)14(18)19)15-8-9-6-5-7-20-9/h9H,3-8H2,1-2H3,(H,15,17)(H,18,19). The van der Waals surface area contributed by atoms with Gasteiger partial charge in [-0.15, -0.1) is 5.10 Å². The van der Waals surface area contributed by atoms with Crippen molar-refractivity contribution in [3.63, 3.8) is 0 Å². The first-order chi connectivity index (χ1) is 9.67. The Balaban J connectivity index is 2.24. The molecule has 1 fully saturated rings. The van der Waals surface area contributed by atoms with Gasteiger partial charge in [-0.25, -0.2) is 4.79 Å².